The second-order valence-electron chi connectivity index (χ2n) is 8.04. The van der Waals surface area contributed by atoms with Crippen LogP contribution < -0.4 is 4.74 Å². The molecule has 2 aliphatic rings. The van der Waals surface area contributed by atoms with Crippen LogP contribution in [0, 0.1) is 5.82 Å². The summed E-state index contributed by atoms with van der Waals surface area (Å²) in [6.45, 7) is 1.33. The van der Waals surface area contributed by atoms with Crippen LogP contribution in [0.3, 0.4) is 0 Å². The van der Waals surface area contributed by atoms with Crippen LogP contribution in [0.2, 0.25) is 0 Å². The molecule has 8 heteroatoms. The van der Waals surface area contributed by atoms with E-state index in [0.29, 0.717) is 19.6 Å². The second-order valence-corrected chi connectivity index (χ2v) is 9.95. The topological polar surface area (TPSA) is 66.9 Å². The van der Waals surface area contributed by atoms with Crippen LogP contribution in [-0.4, -0.2) is 50.3 Å². The monoisotopic (exact) mass is 446 g/mol. The van der Waals surface area contributed by atoms with Crippen molar-refractivity contribution in [1.29, 1.82) is 0 Å². The normalized spacial score (nSPS) is 20.1. The molecular weight excluding hydrogens is 419 g/mol. The first-order valence-electron chi connectivity index (χ1n) is 10.7. The second kappa shape index (κ2) is 8.96. The number of amides is 1. The summed E-state index contributed by atoms with van der Waals surface area (Å²) in [5.41, 5.74) is 1.19. The Balaban J connectivity index is 1.61. The van der Waals surface area contributed by atoms with Gasteiger partial charge in [0.2, 0.25) is 10.0 Å². The molecule has 0 spiro atoms. The van der Waals surface area contributed by atoms with Crippen LogP contribution in [0.4, 0.5) is 4.39 Å². The number of nitrogens with zero attached hydrogens (tertiary/aromatic N) is 2. The summed E-state index contributed by atoms with van der Waals surface area (Å²) < 4.78 is 47.1. The SMILES string of the molecule is COc1ccc([C@@H]2CCCN2C(=O)c2ccc(F)c(S(=O)(=O)N3CCCCC3)c2)cc1. The number of rotatable bonds is 5. The number of piperidine rings is 1. The van der Waals surface area contributed by atoms with Gasteiger partial charge >= 0.3 is 0 Å². The Morgan fingerprint density at radius 3 is 2.39 bits per heavy atom. The van der Waals surface area contributed by atoms with Gasteiger partial charge in [0.25, 0.3) is 5.91 Å². The number of carbonyl (C=O) groups excluding carboxylic acids is 1. The number of methoxy groups -OCH3 is 1. The average molecular weight is 447 g/mol. The predicted molar refractivity (Wildman–Crippen MR) is 115 cm³/mol. The highest BCUT2D eigenvalue weighted by molar-refractivity contribution is 7.89. The van der Waals surface area contributed by atoms with Crippen molar-refractivity contribution in [2.24, 2.45) is 0 Å². The zero-order valence-electron chi connectivity index (χ0n) is 17.6. The first-order valence-corrected chi connectivity index (χ1v) is 12.1. The van der Waals surface area contributed by atoms with Gasteiger partial charge in [-0.15, -0.1) is 0 Å². The maximum atomic E-state index is 14.5. The highest BCUT2D eigenvalue weighted by Gasteiger charge is 2.33. The molecule has 2 aromatic rings. The number of likely N-dealkylation sites (tertiary alicyclic amines) is 1. The van der Waals surface area contributed by atoms with Gasteiger partial charge in [-0.2, -0.15) is 4.31 Å². The number of benzene rings is 2. The number of sulfonamides is 1. The Bertz CT molecular complexity index is 1050. The fourth-order valence-electron chi connectivity index (χ4n) is 4.43. The third-order valence-electron chi connectivity index (χ3n) is 6.13. The predicted octanol–water partition coefficient (Wildman–Crippen LogP) is 3.99. The van der Waals surface area contributed by atoms with Gasteiger partial charge in [0.05, 0.1) is 13.2 Å². The highest BCUT2D eigenvalue weighted by atomic mass is 32.2. The molecule has 0 radical (unpaired) electrons. The lowest BCUT2D eigenvalue weighted by Gasteiger charge is -2.27. The lowest BCUT2D eigenvalue weighted by atomic mass is 10.0. The van der Waals surface area contributed by atoms with Gasteiger partial charge in [-0.1, -0.05) is 18.6 Å². The molecule has 2 aromatic carbocycles. The molecule has 1 atom stereocenters. The fourth-order valence-corrected chi connectivity index (χ4v) is 6.03. The van der Waals surface area contributed by atoms with E-state index in [9.17, 15) is 17.6 Å². The quantitative estimate of drug-likeness (QED) is 0.697. The highest BCUT2D eigenvalue weighted by Crippen LogP contribution is 2.34. The van der Waals surface area contributed by atoms with E-state index >= 15 is 0 Å². The number of carbonyl (C=O) groups is 1. The fraction of sp³-hybridized carbons (Fsp3) is 0.435. The van der Waals surface area contributed by atoms with E-state index in [1.165, 1.54) is 16.4 Å². The van der Waals surface area contributed by atoms with Gasteiger partial charge in [-0.25, -0.2) is 12.8 Å². The first-order chi connectivity index (χ1) is 14.9. The van der Waals surface area contributed by atoms with E-state index in [1.807, 2.05) is 24.3 Å². The van der Waals surface area contributed by atoms with Crippen molar-refractivity contribution in [1.82, 2.24) is 9.21 Å². The van der Waals surface area contributed by atoms with Crippen molar-refractivity contribution in [2.45, 2.75) is 43.0 Å². The van der Waals surface area contributed by atoms with Gasteiger partial charge in [-0.05, 0) is 61.6 Å². The van der Waals surface area contributed by atoms with Crippen molar-refractivity contribution in [2.75, 3.05) is 26.7 Å². The molecule has 1 amide bonds. The molecule has 0 bridgehead atoms. The van der Waals surface area contributed by atoms with Crippen molar-refractivity contribution >= 4 is 15.9 Å². The molecule has 2 aliphatic heterocycles. The Hall–Kier alpha value is -2.45. The van der Waals surface area contributed by atoms with Crippen molar-refractivity contribution in [3.05, 3.63) is 59.4 Å². The van der Waals surface area contributed by atoms with Gasteiger partial charge < -0.3 is 9.64 Å². The third kappa shape index (κ3) is 4.32. The number of hydrogen-bond acceptors (Lipinski definition) is 4. The summed E-state index contributed by atoms with van der Waals surface area (Å²) in [7, 11) is -2.37. The summed E-state index contributed by atoms with van der Waals surface area (Å²) in [4.78, 5) is 14.6. The molecule has 31 heavy (non-hydrogen) atoms. The zero-order chi connectivity index (χ0) is 22.0. The molecule has 0 aromatic heterocycles. The van der Waals surface area contributed by atoms with Gasteiger partial charge in [0.1, 0.15) is 16.5 Å². The molecule has 2 heterocycles. The van der Waals surface area contributed by atoms with Crippen molar-refractivity contribution < 1.29 is 22.3 Å². The minimum Gasteiger partial charge on any atom is -0.497 e. The van der Waals surface area contributed by atoms with Crippen LogP contribution >= 0.6 is 0 Å². The summed E-state index contributed by atoms with van der Waals surface area (Å²) >= 11 is 0. The van der Waals surface area contributed by atoms with Crippen LogP contribution in [0.5, 0.6) is 5.75 Å². The summed E-state index contributed by atoms with van der Waals surface area (Å²) in [5.74, 6) is -0.366. The molecule has 2 fully saturated rings. The first kappa shape index (κ1) is 21.8. The van der Waals surface area contributed by atoms with Crippen LogP contribution in [0.25, 0.3) is 0 Å². The number of hydrogen-bond donors (Lipinski definition) is 0. The number of halogens is 1. The molecule has 166 valence electrons. The third-order valence-corrected chi connectivity index (χ3v) is 8.04. The van der Waals surface area contributed by atoms with Gasteiger partial charge in [0.15, 0.2) is 0 Å². The Labute approximate surface area is 182 Å². The molecule has 0 aliphatic carbocycles. The van der Waals surface area contributed by atoms with Crippen molar-refractivity contribution in [3.63, 3.8) is 0 Å². The lowest BCUT2D eigenvalue weighted by molar-refractivity contribution is 0.0735. The minimum absolute atomic E-state index is 0.106. The van der Waals surface area contributed by atoms with Crippen molar-refractivity contribution in [3.8, 4) is 5.75 Å². The minimum atomic E-state index is -3.97. The molecule has 0 N–H and O–H groups in total. The van der Waals surface area contributed by atoms with Gasteiger partial charge in [-0.3, -0.25) is 4.79 Å². The maximum absolute atomic E-state index is 14.5. The standard InChI is InChI=1S/C23H27FN2O4S/c1-30-19-10-7-17(8-11-19)21-6-5-15-26(21)23(27)18-9-12-20(24)22(16-18)31(28,29)25-13-3-2-4-14-25/h7-12,16,21H,2-6,13-15H2,1H3/t21-/m0/s1. The summed E-state index contributed by atoms with van der Waals surface area (Å²) in [6, 6.07) is 11.1. The lowest BCUT2D eigenvalue weighted by Crippen LogP contribution is -2.36. The molecule has 4 rings (SSSR count). The van der Waals surface area contributed by atoms with Crippen LogP contribution in [0.1, 0.15) is 54.1 Å². The molecule has 2 saturated heterocycles. The smallest absolute Gasteiger partial charge is 0.254 e. The maximum Gasteiger partial charge on any atom is 0.254 e. The average Bonchev–Trinajstić information content (AvgIpc) is 3.29. The van der Waals surface area contributed by atoms with E-state index in [2.05, 4.69) is 0 Å². The molecular formula is C23H27FN2O4S. The van der Waals surface area contributed by atoms with Gasteiger partial charge in [0, 0.05) is 25.2 Å². The Morgan fingerprint density at radius 2 is 1.71 bits per heavy atom. The van der Waals surface area contributed by atoms with E-state index in [1.54, 1.807) is 12.0 Å². The zero-order valence-corrected chi connectivity index (χ0v) is 18.4. The molecule has 0 saturated carbocycles. The van der Waals surface area contributed by atoms with Crippen LogP contribution in [-0.2, 0) is 10.0 Å². The van der Waals surface area contributed by atoms with E-state index < -0.39 is 20.7 Å². The summed E-state index contributed by atoms with van der Waals surface area (Å²) in [6.07, 6.45) is 4.16. The number of ether oxygens (including phenoxy) is 1. The Morgan fingerprint density at radius 1 is 1.00 bits per heavy atom. The molecule has 6 nitrogen and oxygen atoms in total. The Kier molecular flexibility index (Phi) is 6.29. The summed E-state index contributed by atoms with van der Waals surface area (Å²) in [5, 5.41) is 0. The van der Waals surface area contributed by atoms with Crippen LogP contribution in [0.15, 0.2) is 47.4 Å². The molecule has 0 unspecified atom stereocenters. The van der Waals surface area contributed by atoms with E-state index in [4.69, 9.17) is 4.74 Å². The largest absolute Gasteiger partial charge is 0.497 e. The van der Waals surface area contributed by atoms with E-state index in [-0.39, 0.29) is 17.5 Å². The van der Waals surface area contributed by atoms with E-state index in [0.717, 1.165) is 49.5 Å².